The van der Waals surface area contributed by atoms with Gasteiger partial charge >= 0.3 is 0 Å². The van der Waals surface area contributed by atoms with E-state index in [1.165, 1.54) is 0 Å². The van der Waals surface area contributed by atoms with Crippen molar-refractivity contribution >= 4 is 0 Å². The van der Waals surface area contributed by atoms with Crippen LogP contribution in [-0.4, -0.2) is 49.1 Å². The fourth-order valence-electron chi connectivity index (χ4n) is 4.06. The van der Waals surface area contributed by atoms with E-state index in [0.717, 1.165) is 22.6 Å². The molecule has 0 amide bonds. The second-order valence-corrected chi connectivity index (χ2v) is 7.00. The zero-order chi connectivity index (χ0) is 19.0. The molecule has 0 saturated carbocycles. The molecular weight excluding hydrogens is 346 g/mol. The van der Waals surface area contributed by atoms with Crippen LogP contribution in [0.3, 0.4) is 0 Å². The monoisotopic (exact) mass is 371 g/mol. The predicted molar refractivity (Wildman–Crippen MR) is 99.6 cm³/mol. The van der Waals surface area contributed by atoms with Gasteiger partial charge in [0.2, 0.25) is 0 Å². The van der Waals surface area contributed by atoms with E-state index in [1.54, 1.807) is 21.1 Å². The number of benzene rings is 2. The van der Waals surface area contributed by atoms with E-state index in [9.17, 15) is 5.11 Å². The van der Waals surface area contributed by atoms with Crippen molar-refractivity contribution in [1.82, 2.24) is 4.90 Å². The molecule has 0 spiro atoms. The number of aliphatic hydroxyl groups is 1. The summed E-state index contributed by atoms with van der Waals surface area (Å²) in [5, 5.41) is 10.6. The Kier molecular flexibility index (Phi) is 4.82. The first-order valence-corrected chi connectivity index (χ1v) is 9.08. The SMILES string of the molecule is COc1ccccc1C1OCC2(C(C)O)COC(c3ccccc3OC)N12. The van der Waals surface area contributed by atoms with Crippen LogP contribution in [0.1, 0.15) is 30.5 Å². The average molecular weight is 371 g/mol. The maximum atomic E-state index is 10.6. The van der Waals surface area contributed by atoms with Crippen LogP contribution in [-0.2, 0) is 9.47 Å². The largest absolute Gasteiger partial charge is 0.496 e. The molecule has 0 bridgehead atoms. The maximum Gasteiger partial charge on any atom is 0.143 e. The van der Waals surface area contributed by atoms with Gasteiger partial charge in [-0.15, -0.1) is 0 Å². The molecular formula is C21H25NO5. The molecule has 0 aliphatic carbocycles. The van der Waals surface area contributed by atoms with Gasteiger partial charge in [-0.3, -0.25) is 0 Å². The van der Waals surface area contributed by atoms with Gasteiger partial charge in [0, 0.05) is 11.1 Å². The molecule has 2 aliphatic heterocycles. The first-order chi connectivity index (χ1) is 13.1. The van der Waals surface area contributed by atoms with Crippen molar-refractivity contribution < 1.29 is 24.1 Å². The van der Waals surface area contributed by atoms with Crippen LogP contribution in [0.4, 0.5) is 0 Å². The molecule has 3 atom stereocenters. The van der Waals surface area contributed by atoms with Crippen molar-refractivity contribution in [3.8, 4) is 11.5 Å². The summed E-state index contributed by atoms with van der Waals surface area (Å²) in [4.78, 5) is 2.12. The number of aliphatic hydroxyl groups excluding tert-OH is 1. The highest BCUT2D eigenvalue weighted by molar-refractivity contribution is 5.39. The van der Waals surface area contributed by atoms with Crippen molar-refractivity contribution in [2.75, 3.05) is 27.4 Å². The number of methoxy groups -OCH3 is 2. The molecule has 2 saturated heterocycles. The third-order valence-electron chi connectivity index (χ3n) is 5.59. The molecule has 0 radical (unpaired) electrons. The molecule has 3 unspecified atom stereocenters. The van der Waals surface area contributed by atoms with E-state index in [-0.39, 0.29) is 0 Å². The van der Waals surface area contributed by atoms with Gasteiger partial charge in [-0.1, -0.05) is 36.4 Å². The quantitative estimate of drug-likeness (QED) is 0.872. The van der Waals surface area contributed by atoms with Crippen molar-refractivity contribution in [3.05, 3.63) is 59.7 Å². The van der Waals surface area contributed by atoms with Crippen molar-refractivity contribution in [3.63, 3.8) is 0 Å². The summed E-state index contributed by atoms with van der Waals surface area (Å²) in [6.07, 6.45) is -1.42. The second kappa shape index (κ2) is 7.13. The third-order valence-corrected chi connectivity index (χ3v) is 5.59. The summed E-state index contributed by atoms with van der Waals surface area (Å²) < 4.78 is 23.5. The van der Waals surface area contributed by atoms with Crippen LogP contribution in [0.2, 0.25) is 0 Å². The Labute approximate surface area is 159 Å². The molecule has 2 aromatic carbocycles. The zero-order valence-corrected chi connectivity index (χ0v) is 15.8. The number of hydrogen-bond donors (Lipinski definition) is 1. The van der Waals surface area contributed by atoms with E-state index in [1.807, 2.05) is 48.5 Å². The predicted octanol–water partition coefficient (Wildman–Crippen LogP) is 2.88. The zero-order valence-electron chi connectivity index (χ0n) is 15.8. The summed E-state index contributed by atoms with van der Waals surface area (Å²) in [6.45, 7) is 2.53. The highest BCUT2D eigenvalue weighted by atomic mass is 16.6. The fraction of sp³-hybridized carbons (Fsp3) is 0.429. The van der Waals surface area contributed by atoms with E-state index in [0.29, 0.717) is 13.2 Å². The lowest BCUT2D eigenvalue weighted by Crippen LogP contribution is -2.52. The Bertz CT molecular complexity index is 749. The normalized spacial score (nSPS) is 28.7. The highest BCUT2D eigenvalue weighted by Crippen LogP contribution is 2.52. The molecule has 6 nitrogen and oxygen atoms in total. The lowest BCUT2D eigenvalue weighted by molar-refractivity contribution is -0.0669. The van der Waals surface area contributed by atoms with Gasteiger partial charge in [-0.2, -0.15) is 0 Å². The summed E-state index contributed by atoms with van der Waals surface area (Å²) in [5.74, 6) is 1.49. The minimum Gasteiger partial charge on any atom is -0.496 e. The molecule has 6 heteroatoms. The number of rotatable bonds is 5. The van der Waals surface area contributed by atoms with Gasteiger partial charge < -0.3 is 24.1 Å². The Morgan fingerprint density at radius 1 is 0.926 bits per heavy atom. The van der Waals surface area contributed by atoms with Gasteiger partial charge in [0.15, 0.2) is 0 Å². The Balaban J connectivity index is 1.81. The lowest BCUT2D eigenvalue weighted by Gasteiger charge is -2.36. The molecule has 144 valence electrons. The number of hydrogen-bond acceptors (Lipinski definition) is 6. The molecule has 4 rings (SSSR count). The number of fused-ring (bicyclic) bond motifs is 1. The molecule has 1 N–H and O–H groups in total. The number of para-hydroxylation sites is 2. The standard InChI is InChI=1S/C21H25NO5/c1-14(23)21-12-26-19(15-8-4-6-10-17(15)24-2)22(21)20(27-13-21)16-9-5-7-11-18(16)25-3/h4-11,14,19-20,23H,12-13H2,1-3H3. The Hall–Kier alpha value is -2.12. The van der Waals surface area contributed by atoms with Crippen LogP contribution >= 0.6 is 0 Å². The summed E-state index contributed by atoms with van der Waals surface area (Å²) >= 11 is 0. The second-order valence-electron chi connectivity index (χ2n) is 7.00. The van der Waals surface area contributed by atoms with Crippen LogP contribution in [0.5, 0.6) is 11.5 Å². The molecule has 2 heterocycles. The van der Waals surface area contributed by atoms with Gasteiger partial charge in [-0.25, -0.2) is 4.90 Å². The van der Waals surface area contributed by atoms with E-state index < -0.39 is 24.1 Å². The first-order valence-electron chi connectivity index (χ1n) is 9.08. The minimum absolute atomic E-state index is 0.374. The van der Waals surface area contributed by atoms with Crippen LogP contribution in [0.15, 0.2) is 48.5 Å². The van der Waals surface area contributed by atoms with Crippen LogP contribution in [0.25, 0.3) is 0 Å². The van der Waals surface area contributed by atoms with Crippen molar-refractivity contribution in [1.29, 1.82) is 0 Å². The molecule has 27 heavy (non-hydrogen) atoms. The summed E-state index contributed by atoms with van der Waals surface area (Å²) in [6, 6.07) is 15.6. The molecule has 2 aromatic rings. The number of ether oxygens (including phenoxy) is 4. The van der Waals surface area contributed by atoms with Gasteiger partial charge in [-0.05, 0) is 19.1 Å². The molecule has 2 fully saturated rings. The van der Waals surface area contributed by atoms with Crippen LogP contribution < -0.4 is 9.47 Å². The maximum absolute atomic E-state index is 10.6. The van der Waals surface area contributed by atoms with Crippen molar-refractivity contribution in [2.24, 2.45) is 0 Å². The first kappa shape index (κ1) is 18.3. The Morgan fingerprint density at radius 3 is 1.78 bits per heavy atom. The average Bonchev–Trinajstić information content (AvgIpc) is 3.26. The minimum atomic E-state index is -0.628. The molecule has 0 aromatic heterocycles. The molecule has 2 aliphatic rings. The van der Waals surface area contributed by atoms with Gasteiger partial charge in [0.1, 0.15) is 24.0 Å². The van der Waals surface area contributed by atoms with Gasteiger partial charge in [0.25, 0.3) is 0 Å². The van der Waals surface area contributed by atoms with Crippen molar-refractivity contribution in [2.45, 2.75) is 31.0 Å². The summed E-state index contributed by atoms with van der Waals surface area (Å²) in [5.41, 5.74) is 1.19. The van der Waals surface area contributed by atoms with Gasteiger partial charge in [0.05, 0.1) is 39.1 Å². The third kappa shape index (κ3) is 2.80. The van der Waals surface area contributed by atoms with E-state index in [2.05, 4.69) is 4.90 Å². The Morgan fingerprint density at radius 2 is 1.37 bits per heavy atom. The van der Waals surface area contributed by atoms with Crippen LogP contribution in [0, 0.1) is 0 Å². The lowest BCUT2D eigenvalue weighted by atomic mass is 9.93. The van der Waals surface area contributed by atoms with E-state index >= 15 is 0 Å². The van der Waals surface area contributed by atoms with E-state index in [4.69, 9.17) is 18.9 Å². The smallest absolute Gasteiger partial charge is 0.143 e. The topological polar surface area (TPSA) is 60.4 Å². The number of nitrogens with zero attached hydrogens (tertiary/aromatic N) is 1. The summed E-state index contributed by atoms with van der Waals surface area (Å²) in [7, 11) is 3.29. The highest BCUT2D eigenvalue weighted by Gasteiger charge is 2.59. The fourth-order valence-corrected chi connectivity index (χ4v) is 4.06.